The monoisotopic (exact) mass is 307 g/mol. The summed E-state index contributed by atoms with van der Waals surface area (Å²) in [7, 11) is 0. The molecule has 0 heterocycles. The summed E-state index contributed by atoms with van der Waals surface area (Å²) in [5.74, 6) is 0.250. The van der Waals surface area contributed by atoms with Crippen LogP contribution < -0.4 is 5.32 Å². The average Bonchev–Trinajstić information content (AvgIpc) is 2.10. The van der Waals surface area contributed by atoms with Crippen molar-refractivity contribution >= 4 is 31.9 Å². The van der Waals surface area contributed by atoms with Crippen LogP contribution in [0.1, 0.15) is 12.5 Å². The lowest BCUT2D eigenvalue weighted by molar-refractivity contribution is 0.468. The van der Waals surface area contributed by atoms with Gasteiger partial charge < -0.3 is 10.4 Å². The largest absolute Gasteiger partial charge is 0.506 e. The van der Waals surface area contributed by atoms with Crippen LogP contribution in [0.2, 0.25) is 0 Å². The normalized spacial score (nSPS) is 10.4. The standard InChI is InChI=1S/C9H11Br2NO/c1-2-12-5-6-3-7(10)9(13)8(11)4-6/h3-4,12-13H,2,5H2,1H3. The van der Waals surface area contributed by atoms with Gasteiger partial charge in [-0.1, -0.05) is 6.92 Å². The Morgan fingerprint density at radius 3 is 2.31 bits per heavy atom. The summed E-state index contributed by atoms with van der Waals surface area (Å²) in [6.07, 6.45) is 0. The molecule has 0 saturated carbocycles. The second-order valence-electron chi connectivity index (χ2n) is 2.69. The molecule has 2 nitrogen and oxygen atoms in total. The van der Waals surface area contributed by atoms with Crippen molar-refractivity contribution in [1.29, 1.82) is 0 Å². The van der Waals surface area contributed by atoms with Crippen molar-refractivity contribution in [2.45, 2.75) is 13.5 Å². The maximum absolute atomic E-state index is 9.44. The lowest BCUT2D eigenvalue weighted by Crippen LogP contribution is -2.11. The summed E-state index contributed by atoms with van der Waals surface area (Å²) in [5, 5.41) is 12.7. The predicted octanol–water partition coefficient (Wildman–Crippen LogP) is 3.03. The Morgan fingerprint density at radius 2 is 1.85 bits per heavy atom. The molecular weight excluding hydrogens is 298 g/mol. The highest BCUT2D eigenvalue weighted by atomic mass is 79.9. The second kappa shape index (κ2) is 4.98. The van der Waals surface area contributed by atoms with E-state index in [1.807, 2.05) is 12.1 Å². The molecule has 0 aliphatic carbocycles. The zero-order chi connectivity index (χ0) is 9.84. The van der Waals surface area contributed by atoms with Gasteiger partial charge in [0.15, 0.2) is 0 Å². The van der Waals surface area contributed by atoms with Gasteiger partial charge in [0.1, 0.15) is 5.75 Å². The molecule has 0 bridgehead atoms. The summed E-state index contributed by atoms with van der Waals surface area (Å²) in [6, 6.07) is 3.81. The van der Waals surface area contributed by atoms with Crippen molar-refractivity contribution in [2.24, 2.45) is 0 Å². The number of benzene rings is 1. The first-order valence-electron chi connectivity index (χ1n) is 4.02. The van der Waals surface area contributed by atoms with Gasteiger partial charge in [0.25, 0.3) is 0 Å². The first-order valence-corrected chi connectivity index (χ1v) is 5.61. The third kappa shape index (κ3) is 2.97. The Morgan fingerprint density at radius 1 is 1.31 bits per heavy atom. The number of phenolic OH excluding ortho intramolecular Hbond substituents is 1. The topological polar surface area (TPSA) is 32.3 Å². The molecule has 1 aromatic rings. The van der Waals surface area contributed by atoms with E-state index in [-0.39, 0.29) is 5.75 Å². The van der Waals surface area contributed by atoms with E-state index in [0.29, 0.717) is 0 Å². The van der Waals surface area contributed by atoms with Gasteiger partial charge in [-0.15, -0.1) is 0 Å². The molecule has 0 saturated heterocycles. The van der Waals surface area contributed by atoms with E-state index in [4.69, 9.17) is 0 Å². The van der Waals surface area contributed by atoms with Gasteiger partial charge in [0.05, 0.1) is 8.95 Å². The van der Waals surface area contributed by atoms with Gasteiger partial charge in [-0.05, 0) is 56.1 Å². The Bertz CT molecular complexity index is 279. The number of nitrogens with one attached hydrogen (secondary N) is 1. The van der Waals surface area contributed by atoms with Crippen LogP contribution in [0.25, 0.3) is 0 Å². The van der Waals surface area contributed by atoms with Crippen LogP contribution in [0, 0.1) is 0 Å². The first kappa shape index (κ1) is 11.0. The SMILES string of the molecule is CCNCc1cc(Br)c(O)c(Br)c1. The lowest BCUT2D eigenvalue weighted by atomic mass is 10.2. The van der Waals surface area contributed by atoms with Crippen LogP contribution in [0.4, 0.5) is 0 Å². The predicted molar refractivity (Wildman–Crippen MR) is 60.9 cm³/mol. The molecule has 13 heavy (non-hydrogen) atoms. The molecule has 1 rings (SSSR count). The number of halogens is 2. The molecule has 4 heteroatoms. The zero-order valence-corrected chi connectivity index (χ0v) is 10.4. The van der Waals surface area contributed by atoms with Gasteiger partial charge >= 0.3 is 0 Å². The van der Waals surface area contributed by atoms with E-state index in [1.54, 1.807) is 0 Å². The van der Waals surface area contributed by atoms with E-state index in [2.05, 4.69) is 44.1 Å². The van der Waals surface area contributed by atoms with E-state index < -0.39 is 0 Å². The fourth-order valence-corrected chi connectivity index (χ4v) is 2.27. The lowest BCUT2D eigenvalue weighted by Gasteiger charge is -2.06. The van der Waals surface area contributed by atoms with Crippen LogP contribution in [0.5, 0.6) is 5.75 Å². The fraction of sp³-hybridized carbons (Fsp3) is 0.333. The number of rotatable bonds is 3. The van der Waals surface area contributed by atoms with Gasteiger partial charge in [-0.25, -0.2) is 0 Å². The number of hydrogen-bond donors (Lipinski definition) is 2. The molecule has 0 aliphatic heterocycles. The van der Waals surface area contributed by atoms with Crippen molar-refractivity contribution in [3.8, 4) is 5.75 Å². The number of aromatic hydroxyl groups is 1. The minimum absolute atomic E-state index is 0.250. The van der Waals surface area contributed by atoms with Crippen molar-refractivity contribution in [3.63, 3.8) is 0 Å². The van der Waals surface area contributed by atoms with E-state index in [9.17, 15) is 5.11 Å². The minimum atomic E-state index is 0.250. The molecule has 0 aromatic heterocycles. The van der Waals surface area contributed by atoms with Crippen LogP contribution in [0.15, 0.2) is 21.1 Å². The first-order chi connectivity index (χ1) is 6.15. The third-order valence-electron chi connectivity index (χ3n) is 1.66. The van der Waals surface area contributed by atoms with Crippen molar-refractivity contribution in [3.05, 3.63) is 26.6 Å². The van der Waals surface area contributed by atoms with Gasteiger partial charge in [0, 0.05) is 6.54 Å². The Hall–Kier alpha value is -0.0600. The van der Waals surface area contributed by atoms with Crippen LogP contribution in [0.3, 0.4) is 0 Å². The maximum atomic E-state index is 9.44. The van der Waals surface area contributed by atoms with E-state index in [1.165, 1.54) is 0 Å². The highest BCUT2D eigenvalue weighted by Crippen LogP contribution is 2.33. The summed E-state index contributed by atoms with van der Waals surface area (Å²) < 4.78 is 1.43. The molecule has 0 atom stereocenters. The maximum Gasteiger partial charge on any atom is 0.143 e. The molecule has 0 amide bonds. The highest BCUT2D eigenvalue weighted by molar-refractivity contribution is 9.11. The van der Waals surface area contributed by atoms with Gasteiger partial charge in [0.2, 0.25) is 0 Å². The molecule has 0 aliphatic rings. The van der Waals surface area contributed by atoms with Crippen molar-refractivity contribution in [2.75, 3.05) is 6.54 Å². The van der Waals surface area contributed by atoms with Gasteiger partial charge in [-0.2, -0.15) is 0 Å². The van der Waals surface area contributed by atoms with Crippen LogP contribution in [-0.4, -0.2) is 11.7 Å². The molecule has 0 unspecified atom stereocenters. The van der Waals surface area contributed by atoms with E-state index >= 15 is 0 Å². The molecule has 0 fully saturated rings. The Balaban J connectivity index is 2.86. The summed E-state index contributed by atoms with van der Waals surface area (Å²) in [4.78, 5) is 0. The number of phenols is 1. The molecular formula is C9H11Br2NO. The Labute approximate surface area is 94.6 Å². The average molecular weight is 309 g/mol. The fourth-order valence-electron chi connectivity index (χ4n) is 0.989. The van der Waals surface area contributed by atoms with E-state index in [0.717, 1.165) is 27.6 Å². The summed E-state index contributed by atoms with van der Waals surface area (Å²) in [5.41, 5.74) is 1.14. The molecule has 2 N–H and O–H groups in total. The summed E-state index contributed by atoms with van der Waals surface area (Å²) in [6.45, 7) is 3.81. The molecule has 0 radical (unpaired) electrons. The Kier molecular flexibility index (Phi) is 4.22. The smallest absolute Gasteiger partial charge is 0.143 e. The van der Waals surface area contributed by atoms with Crippen molar-refractivity contribution in [1.82, 2.24) is 5.32 Å². The minimum Gasteiger partial charge on any atom is -0.506 e. The van der Waals surface area contributed by atoms with Crippen LogP contribution >= 0.6 is 31.9 Å². The van der Waals surface area contributed by atoms with Crippen molar-refractivity contribution < 1.29 is 5.11 Å². The van der Waals surface area contributed by atoms with Gasteiger partial charge in [-0.3, -0.25) is 0 Å². The quantitative estimate of drug-likeness (QED) is 0.899. The molecule has 0 spiro atoms. The highest BCUT2D eigenvalue weighted by Gasteiger charge is 2.04. The molecule has 72 valence electrons. The number of hydrogen-bond acceptors (Lipinski definition) is 2. The summed E-state index contributed by atoms with van der Waals surface area (Å²) >= 11 is 6.56. The third-order valence-corrected chi connectivity index (χ3v) is 2.86. The second-order valence-corrected chi connectivity index (χ2v) is 4.40. The molecule has 1 aromatic carbocycles. The van der Waals surface area contributed by atoms with Crippen LogP contribution in [-0.2, 0) is 6.54 Å². The zero-order valence-electron chi connectivity index (χ0n) is 7.27.